The van der Waals surface area contributed by atoms with E-state index in [0.29, 0.717) is 42.0 Å². The molecule has 0 bridgehead atoms. The van der Waals surface area contributed by atoms with Crippen molar-refractivity contribution < 1.29 is 19.0 Å². The Morgan fingerprint density at radius 1 is 1.12 bits per heavy atom. The summed E-state index contributed by atoms with van der Waals surface area (Å²) in [6, 6.07) is 6.78. The molecule has 1 amide bonds. The molecule has 0 aliphatic heterocycles. The van der Waals surface area contributed by atoms with Gasteiger partial charge in [0.05, 0.1) is 19.9 Å². The molecule has 1 aromatic carbocycles. The van der Waals surface area contributed by atoms with Crippen LogP contribution in [0.25, 0.3) is 0 Å². The zero-order valence-corrected chi connectivity index (χ0v) is 15.5. The number of anilines is 2. The van der Waals surface area contributed by atoms with Crippen LogP contribution >= 0.6 is 0 Å². The molecule has 0 fully saturated rings. The molecule has 0 spiro atoms. The van der Waals surface area contributed by atoms with Gasteiger partial charge in [-0.3, -0.25) is 4.79 Å². The fourth-order valence-electron chi connectivity index (χ4n) is 2.31. The van der Waals surface area contributed by atoms with Crippen molar-refractivity contribution in [2.75, 3.05) is 45.1 Å². The number of ether oxygens (including phenoxy) is 3. The second-order valence-electron chi connectivity index (χ2n) is 5.48. The van der Waals surface area contributed by atoms with Crippen LogP contribution in [0.15, 0.2) is 24.3 Å². The van der Waals surface area contributed by atoms with Gasteiger partial charge in [0.25, 0.3) is 5.91 Å². The number of hydrogen-bond acceptors (Lipinski definition) is 7. The number of hydrogen-bond donors (Lipinski definition) is 2. The molecule has 0 saturated carbocycles. The Morgan fingerprint density at radius 2 is 1.92 bits per heavy atom. The Hall–Kier alpha value is -2.87. The lowest BCUT2D eigenvalue weighted by molar-refractivity contribution is 0.102. The van der Waals surface area contributed by atoms with E-state index in [0.717, 1.165) is 6.42 Å². The van der Waals surface area contributed by atoms with Crippen LogP contribution in [-0.4, -0.2) is 50.4 Å². The van der Waals surface area contributed by atoms with Crippen molar-refractivity contribution >= 4 is 17.4 Å². The van der Waals surface area contributed by atoms with Crippen LogP contribution in [0.1, 0.15) is 22.7 Å². The highest BCUT2D eigenvalue weighted by Gasteiger charge is 2.14. The maximum Gasteiger partial charge on any atom is 0.274 e. The van der Waals surface area contributed by atoms with E-state index in [1.54, 1.807) is 45.4 Å². The molecule has 1 aromatic heterocycles. The van der Waals surface area contributed by atoms with Crippen molar-refractivity contribution in [1.82, 2.24) is 9.97 Å². The molecule has 0 atom stereocenters. The molecule has 8 nitrogen and oxygen atoms in total. The van der Waals surface area contributed by atoms with Crippen LogP contribution in [0.5, 0.6) is 11.5 Å². The predicted octanol–water partition coefficient (Wildman–Crippen LogP) is 2.50. The van der Waals surface area contributed by atoms with Gasteiger partial charge < -0.3 is 24.8 Å². The second kappa shape index (κ2) is 9.57. The number of aromatic nitrogens is 2. The van der Waals surface area contributed by atoms with E-state index in [1.807, 2.05) is 0 Å². The van der Waals surface area contributed by atoms with E-state index in [4.69, 9.17) is 14.2 Å². The van der Waals surface area contributed by atoms with Gasteiger partial charge in [0.2, 0.25) is 0 Å². The van der Waals surface area contributed by atoms with Crippen molar-refractivity contribution in [3.8, 4) is 11.5 Å². The topological polar surface area (TPSA) is 94.6 Å². The zero-order valence-electron chi connectivity index (χ0n) is 15.5. The molecule has 0 aliphatic carbocycles. The van der Waals surface area contributed by atoms with Crippen LogP contribution in [0.3, 0.4) is 0 Å². The van der Waals surface area contributed by atoms with E-state index in [9.17, 15) is 4.79 Å². The van der Waals surface area contributed by atoms with E-state index in [2.05, 4.69) is 20.6 Å². The number of benzene rings is 1. The first-order valence-electron chi connectivity index (χ1n) is 8.19. The number of rotatable bonds is 9. The van der Waals surface area contributed by atoms with Crippen LogP contribution < -0.4 is 20.1 Å². The second-order valence-corrected chi connectivity index (χ2v) is 5.48. The highest BCUT2D eigenvalue weighted by atomic mass is 16.5. The highest BCUT2D eigenvalue weighted by Crippen LogP contribution is 2.29. The first-order chi connectivity index (χ1) is 12.6. The molecule has 0 aliphatic rings. The predicted molar refractivity (Wildman–Crippen MR) is 99.3 cm³/mol. The average Bonchev–Trinajstić information content (AvgIpc) is 2.64. The van der Waals surface area contributed by atoms with E-state index in [-0.39, 0.29) is 11.6 Å². The molecule has 0 saturated heterocycles. The lowest BCUT2D eigenvalue weighted by Crippen LogP contribution is -2.16. The summed E-state index contributed by atoms with van der Waals surface area (Å²) in [5.41, 5.74) is 0.763. The van der Waals surface area contributed by atoms with E-state index >= 15 is 0 Å². The molecule has 8 heteroatoms. The molecule has 140 valence electrons. The molecular weight excluding hydrogens is 336 g/mol. The number of carbonyl (C=O) groups is 1. The first kappa shape index (κ1) is 19.5. The Bertz CT molecular complexity index is 752. The quantitative estimate of drug-likeness (QED) is 0.664. The van der Waals surface area contributed by atoms with Crippen LogP contribution in [-0.2, 0) is 4.74 Å². The van der Waals surface area contributed by atoms with Gasteiger partial charge in [0.1, 0.15) is 28.8 Å². The maximum absolute atomic E-state index is 12.6. The number of nitrogens with zero attached hydrogens (tertiary/aromatic N) is 2. The summed E-state index contributed by atoms with van der Waals surface area (Å²) < 4.78 is 15.5. The molecule has 2 aromatic rings. The third kappa shape index (κ3) is 5.32. The smallest absolute Gasteiger partial charge is 0.274 e. The van der Waals surface area contributed by atoms with Crippen LogP contribution in [0, 0.1) is 6.92 Å². The third-order valence-electron chi connectivity index (χ3n) is 3.56. The SMILES string of the molecule is COCCCNc1cc(C(=O)Nc2cc(OC)ccc2OC)nc(C)n1. The van der Waals surface area contributed by atoms with Gasteiger partial charge in [-0.1, -0.05) is 0 Å². The van der Waals surface area contributed by atoms with Gasteiger partial charge in [-0.2, -0.15) is 0 Å². The van der Waals surface area contributed by atoms with Gasteiger partial charge in [-0.05, 0) is 25.5 Å². The molecule has 1 heterocycles. The van der Waals surface area contributed by atoms with Crippen LogP contribution in [0.4, 0.5) is 11.5 Å². The number of carbonyl (C=O) groups excluding carboxylic acids is 1. The lowest BCUT2D eigenvalue weighted by Gasteiger charge is -2.12. The molecule has 2 rings (SSSR count). The highest BCUT2D eigenvalue weighted by molar-refractivity contribution is 6.04. The molecule has 26 heavy (non-hydrogen) atoms. The average molecular weight is 360 g/mol. The standard InChI is InChI=1S/C18H24N4O4/c1-12-20-15(11-17(21-12)19-8-5-9-24-2)18(23)22-14-10-13(25-3)6-7-16(14)26-4/h6-7,10-11H,5,8-9H2,1-4H3,(H,22,23)(H,19,20,21). The zero-order chi connectivity index (χ0) is 18.9. The Labute approximate surface area is 152 Å². The minimum absolute atomic E-state index is 0.261. The first-order valence-corrected chi connectivity index (χ1v) is 8.19. The van der Waals surface area contributed by atoms with E-state index in [1.165, 1.54) is 7.11 Å². The van der Waals surface area contributed by atoms with Gasteiger partial charge in [0.15, 0.2) is 0 Å². The maximum atomic E-state index is 12.6. The van der Waals surface area contributed by atoms with Gasteiger partial charge >= 0.3 is 0 Å². The number of amides is 1. The van der Waals surface area contributed by atoms with Crippen molar-refractivity contribution in [1.29, 1.82) is 0 Å². The minimum Gasteiger partial charge on any atom is -0.497 e. The third-order valence-corrected chi connectivity index (χ3v) is 3.56. The lowest BCUT2D eigenvalue weighted by atomic mass is 10.2. The van der Waals surface area contributed by atoms with Crippen LogP contribution in [0.2, 0.25) is 0 Å². The number of aryl methyl sites for hydroxylation is 1. The van der Waals surface area contributed by atoms with Crippen molar-refractivity contribution in [3.63, 3.8) is 0 Å². The fraction of sp³-hybridized carbons (Fsp3) is 0.389. The van der Waals surface area contributed by atoms with Gasteiger partial charge in [-0.25, -0.2) is 9.97 Å². The summed E-state index contributed by atoms with van der Waals surface area (Å²) in [4.78, 5) is 21.1. The Kier molecular flexibility index (Phi) is 7.16. The fourth-order valence-corrected chi connectivity index (χ4v) is 2.31. The normalized spacial score (nSPS) is 10.3. The van der Waals surface area contributed by atoms with Gasteiger partial charge in [-0.15, -0.1) is 0 Å². The van der Waals surface area contributed by atoms with Crippen molar-refractivity contribution in [3.05, 3.63) is 35.8 Å². The molecule has 0 radical (unpaired) electrons. The van der Waals surface area contributed by atoms with Crippen molar-refractivity contribution in [2.45, 2.75) is 13.3 Å². The molecule has 2 N–H and O–H groups in total. The molecular formula is C18H24N4O4. The minimum atomic E-state index is -0.359. The van der Waals surface area contributed by atoms with Crippen molar-refractivity contribution in [2.24, 2.45) is 0 Å². The largest absolute Gasteiger partial charge is 0.497 e. The number of nitrogens with one attached hydrogen (secondary N) is 2. The van der Waals surface area contributed by atoms with Gasteiger partial charge in [0, 0.05) is 32.4 Å². The molecule has 0 unspecified atom stereocenters. The Morgan fingerprint density at radius 3 is 2.62 bits per heavy atom. The summed E-state index contributed by atoms with van der Waals surface area (Å²) in [7, 11) is 4.75. The summed E-state index contributed by atoms with van der Waals surface area (Å²) in [6.45, 7) is 3.08. The summed E-state index contributed by atoms with van der Waals surface area (Å²) in [5, 5.41) is 5.97. The summed E-state index contributed by atoms with van der Waals surface area (Å²) in [5.74, 6) is 1.88. The monoisotopic (exact) mass is 360 g/mol. The van der Waals surface area contributed by atoms with E-state index < -0.39 is 0 Å². The number of methoxy groups -OCH3 is 3. The Balaban J connectivity index is 2.15. The summed E-state index contributed by atoms with van der Waals surface area (Å²) in [6.07, 6.45) is 0.835. The summed E-state index contributed by atoms with van der Waals surface area (Å²) >= 11 is 0.